The highest BCUT2D eigenvalue weighted by atomic mass is 16.6. The third kappa shape index (κ3) is 4.09. The quantitative estimate of drug-likeness (QED) is 0.477. The lowest BCUT2D eigenvalue weighted by atomic mass is 10.1. The van der Waals surface area contributed by atoms with Crippen molar-refractivity contribution < 1.29 is 23.9 Å². The third-order valence-corrected chi connectivity index (χ3v) is 4.87. The van der Waals surface area contributed by atoms with Gasteiger partial charge in [-0.1, -0.05) is 42.5 Å². The van der Waals surface area contributed by atoms with Crippen molar-refractivity contribution in [3.63, 3.8) is 0 Å². The Morgan fingerprint density at radius 1 is 0.871 bits per heavy atom. The highest BCUT2D eigenvalue weighted by Gasteiger charge is 2.32. The summed E-state index contributed by atoms with van der Waals surface area (Å²) in [6.07, 6.45) is 0.857. The topological polar surface area (TPSA) is 81.7 Å². The summed E-state index contributed by atoms with van der Waals surface area (Å²) in [6, 6.07) is 18.9. The molecule has 1 N–H and O–H groups in total. The molecule has 0 aromatic heterocycles. The number of amides is 1. The smallest absolute Gasteiger partial charge is 0.417 e. The maximum absolute atomic E-state index is 12.6. The predicted molar refractivity (Wildman–Crippen MR) is 117 cm³/mol. The summed E-state index contributed by atoms with van der Waals surface area (Å²) in [5.41, 5.74) is 3.09. The van der Waals surface area contributed by atoms with Crippen LogP contribution in [0.15, 0.2) is 72.3 Å². The number of benzene rings is 3. The second-order valence-corrected chi connectivity index (χ2v) is 7.06. The maximum Gasteiger partial charge on any atom is 0.417 e. The van der Waals surface area contributed by atoms with Gasteiger partial charge in [-0.05, 0) is 48.4 Å². The number of anilines is 1. The number of carbonyl (C=O) groups excluding carboxylic acids is 3. The van der Waals surface area contributed by atoms with Gasteiger partial charge in [-0.25, -0.2) is 4.79 Å². The minimum atomic E-state index is -0.661. The number of hydrogen-bond donors (Lipinski definition) is 1. The van der Waals surface area contributed by atoms with E-state index in [-0.39, 0.29) is 22.9 Å². The molecule has 0 fully saturated rings. The minimum absolute atomic E-state index is 0.0918. The lowest BCUT2D eigenvalue weighted by Gasteiger charge is -2.11. The van der Waals surface area contributed by atoms with E-state index < -0.39 is 6.09 Å². The third-order valence-electron chi connectivity index (χ3n) is 4.87. The zero-order valence-corrected chi connectivity index (χ0v) is 17.0. The van der Waals surface area contributed by atoms with Gasteiger partial charge in [0.1, 0.15) is 0 Å². The highest BCUT2D eigenvalue weighted by molar-refractivity contribution is 6.41. The van der Waals surface area contributed by atoms with Crippen LogP contribution in [0, 0.1) is 6.92 Å². The van der Waals surface area contributed by atoms with Gasteiger partial charge in [0.25, 0.3) is 0 Å². The van der Waals surface area contributed by atoms with Gasteiger partial charge in [0, 0.05) is 16.8 Å². The Morgan fingerprint density at radius 2 is 1.58 bits per heavy atom. The monoisotopic (exact) mass is 413 g/mol. The van der Waals surface area contributed by atoms with Crippen molar-refractivity contribution in [1.82, 2.24) is 0 Å². The number of methoxy groups -OCH3 is 1. The van der Waals surface area contributed by atoms with E-state index in [2.05, 4.69) is 5.32 Å². The molecule has 0 atom stereocenters. The van der Waals surface area contributed by atoms with Gasteiger partial charge in [-0.3, -0.25) is 14.9 Å². The maximum atomic E-state index is 12.6. The van der Waals surface area contributed by atoms with E-state index in [1.807, 2.05) is 25.1 Å². The summed E-state index contributed by atoms with van der Waals surface area (Å²) < 4.78 is 10.7. The fraction of sp³-hybridized carbons (Fsp3) is 0.0800. The molecule has 0 radical (unpaired) electrons. The molecular weight excluding hydrogens is 394 g/mol. The molecule has 1 amide bonds. The van der Waals surface area contributed by atoms with Crippen LogP contribution in [0.1, 0.15) is 31.8 Å². The number of hydrogen-bond acceptors (Lipinski definition) is 5. The minimum Gasteiger partial charge on any atom is -0.493 e. The Hall–Kier alpha value is -4.19. The van der Waals surface area contributed by atoms with E-state index in [1.54, 1.807) is 48.5 Å². The molecule has 0 saturated heterocycles. The zero-order chi connectivity index (χ0) is 22.0. The average molecular weight is 413 g/mol. The van der Waals surface area contributed by atoms with Crippen molar-refractivity contribution in [3.05, 3.63) is 94.6 Å². The molecule has 0 saturated carbocycles. The molecule has 0 unspecified atom stereocenters. The van der Waals surface area contributed by atoms with E-state index >= 15 is 0 Å². The van der Waals surface area contributed by atoms with Crippen LogP contribution in [-0.4, -0.2) is 24.8 Å². The van der Waals surface area contributed by atoms with Crippen molar-refractivity contribution in [1.29, 1.82) is 0 Å². The van der Waals surface area contributed by atoms with E-state index in [0.29, 0.717) is 28.1 Å². The molecule has 0 aliphatic heterocycles. The molecular formula is C25H19NO5. The van der Waals surface area contributed by atoms with E-state index in [1.165, 1.54) is 13.2 Å². The summed E-state index contributed by atoms with van der Waals surface area (Å²) >= 11 is 0. The number of rotatable bonds is 4. The second-order valence-electron chi connectivity index (χ2n) is 7.06. The van der Waals surface area contributed by atoms with Gasteiger partial charge in [0.15, 0.2) is 23.1 Å². The molecule has 6 heteroatoms. The van der Waals surface area contributed by atoms with Crippen LogP contribution in [0.25, 0.3) is 6.08 Å². The van der Waals surface area contributed by atoms with Gasteiger partial charge >= 0.3 is 6.09 Å². The fourth-order valence-corrected chi connectivity index (χ4v) is 3.39. The van der Waals surface area contributed by atoms with Gasteiger partial charge in [0.05, 0.1) is 12.7 Å². The highest BCUT2D eigenvalue weighted by Crippen LogP contribution is 2.32. The Labute approximate surface area is 179 Å². The van der Waals surface area contributed by atoms with Crippen LogP contribution >= 0.6 is 0 Å². The van der Waals surface area contributed by atoms with Crippen molar-refractivity contribution in [3.8, 4) is 11.5 Å². The molecule has 3 aromatic rings. The van der Waals surface area contributed by atoms with Crippen LogP contribution in [0.4, 0.5) is 10.5 Å². The summed E-state index contributed by atoms with van der Waals surface area (Å²) in [5.74, 6) is -0.110. The van der Waals surface area contributed by atoms with Crippen LogP contribution in [0.3, 0.4) is 0 Å². The van der Waals surface area contributed by atoms with Gasteiger partial charge in [-0.2, -0.15) is 0 Å². The number of aryl methyl sites for hydroxylation is 1. The van der Waals surface area contributed by atoms with Crippen LogP contribution < -0.4 is 14.8 Å². The number of allylic oxidation sites excluding steroid dienone is 1. The molecule has 0 bridgehead atoms. The lowest BCUT2D eigenvalue weighted by molar-refractivity contribution is 0.0990. The standard InChI is InChI=1S/C25H19NO5/c1-15-6-5-7-17(12-15)26-25(29)31-21-11-10-16(14-22(21)30-2)13-20-23(27)18-8-3-4-9-19(18)24(20)28/h3-14H,1-2H3,(H,26,29). The van der Waals surface area contributed by atoms with E-state index in [9.17, 15) is 14.4 Å². The van der Waals surface area contributed by atoms with Crippen molar-refractivity contribution in [2.24, 2.45) is 0 Å². The summed E-state index contributed by atoms with van der Waals surface area (Å²) in [6.45, 7) is 1.92. The number of ether oxygens (including phenoxy) is 2. The zero-order valence-electron chi connectivity index (χ0n) is 17.0. The molecule has 0 heterocycles. The molecule has 4 rings (SSSR count). The number of carbonyl (C=O) groups is 3. The first-order chi connectivity index (χ1) is 15.0. The van der Waals surface area contributed by atoms with Gasteiger partial charge < -0.3 is 9.47 Å². The first kappa shape index (κ1) is 20.1. The summed E-state index contributed by atoms with van der Waals surface area (Å²) in [7, 11) is 1.44. The Balaban J connectivity index is 1.55. The molecule has 6 nitrogen and oxygen atoms in total. The van der Waals surface area contributed by atoms with Crippen LogP contribution in [0.2, 0.25) is 0 Å². The first-order valence-electron chi connectivity index (χ1n) is 9.60. The van der Waals surface area contributed by atoms with E-state index in [4.69, 9.17) is 9.47 Å². The van der Waals surface area contributed by atoms with Crippen molar-refractivity contribution >= 4 is 29.4 Å². The average Bonchev–Trinajstić information content (AvgIpc) is 3.00. The first-order valence-corrected chi connectivity index (χ1v) is 9.60. The van der Waals surface area contributed by atoms with Crippen LogP contribution in [-0.2, 0) is 0 Å². The summed E-state index contributed by atoms with van der Waals surface area (Å²) in [4.78, 5) is 37.4. The number of Topliss-reactive ketones (excluding diaryl/α,β-unsaturated/α-hetero) is 2. The van der Waals surface area contributed by atoms with Crippen molar-refractivity contribution in [2.45, 2.75) is 6.92 Å². The molecule has 3 aromatic carbocycles. The predicted octanol–water partition coefficient (Wildman–Crippen LogP) is 5.08. The van der Waals surface area contributed by atoms with Crippen LogP contribution in [0.5, 0.6) is 11.5 Å². The molecule has 0 spiro atoms. The Kier molecular flexibility index (Phi) is 5.37. The summed E-state index contributed by atoms with van der Waals surface area (Å²) in [5, 5.41) is 2.66. The molecule has 31 heavy (non-hydrogen) atoms. The number of ketones is 2. The van der Waals surface area contributed by atoms with Gasteiger partial charge in [0.2, 0.25) is 0 Å². The van der Waals surface area contributed by atoms with Crippen molar-refractivity contribution in [2.75, 3.05) is 12.4 Å². The Bertz CT molecular complexity index is 1210. The number of fused-ring (bicyclic) bond motifs is 1. The fourth-order valence-electron chi connectivity index (χ4n) is 3.39. The molecule has 154 valence electrons. The number of nitrogens with one attached hydrogen (secondary N) is 1. The Morgan fingerprint density at radius 3 is 2.23 bits per heavy atom. The van der Waals surface area contributed by atoms with E-state index in [0.717, 1.165) is 5.56 Å². The molecule has 1 aliphatic rings. The SMILES string of the molecule is COc1cc(C=C2C(=O)c3ccccc3C2=O)ccc1OC(=O)Nc1cccc(C)c1. The normalized spacial score (nSPS) is 12.4. The largest absolute Gasteiger partial charge is 0.493 e. The van der Waals surface area contributed by atoms with Gasteiger partial charge in [-0.15, -0.1) is 0 Å². The molecule has 1 aliphatic carbocycles. The second kappa shape index (κ2) is 8.28. The lowest BCUT2D eigenvalue weighted by Crippen LogP contribution is -2.17.